The summed E-state index contributed by atoms with van der Waals surface area (Å²) in [6.07, 6.45) is -4.63. The number of anilines is 2. The van der Waals surface area contributed by atoms with Crippen LogP contribution in [-0.2, 0) is 11.3 Å². The highest BCUT2D eigenvalue weighted by Gasteiger charge is 2.37. The third-order valence-corrected chi connectivity index (χ3v) is 4.70. The van der Waals surface area contributed by atoms with Gasteiger partial charge < -0.3 is 30.6 Å². The SMILES string of the molecule is CC(COc1ccc(F)cc1CN1c2nc(N)c([N+](=O)[O-])cc2OC[C@H]1C(F)F)OC(N)=O. The van der Waals surface area contributed by atoms with Crippen LogP contribution in [0.25, 0.3) is 0 Å². The van der Waals surface area contributed by atoms with Crippen molar-refractivity contribution in [2.75, 3.05) is 23.8 Å². The lowest BCUT2D eigenvalue weighted by Crippen LogP contribution is -2.47. The molecule has 1 aliphatic heterocycles. The molecule has 0 saturated heterocycles. The summed E-state index contributed by atoms with van der Waals surface area (Å²) in [5.74, 6) is -1.29. The van der Waals surface area contributed by atoms with Gasteiger partial charge in [-0.25, -0.2) is 22.9 Å². The van der Waals surface area contributed by atoms with Crippen molar-refractivity contribution < 1.29 is 37.1 Å². The molecular weight excluding hydrogens is 451 g/mol. The number of hydrogen-bond acceptors (Lipinski definition) is 9. The molecule has 1 unspecified atom stereocenters. The van der Waals surface area contributed by atoms with Crippen LogP contribution in [-0.4, -0.2) is 47.8 Å². The van der Waals surface area contributed by atoms with E-state index in [1.54, 1.807) is 0 Å². The third kappa shape index (κ3) is 5.45. The van der Waals surface area contributed by atoms with Gasteiger partial charge in [0.25, 0.3) is 6.43 Å². The van der Waals surface area contributed by atoms with E-state index in [0.29, 0.717) is 0 Å². The van der Waals surface area contributed by atoms with Crippen LogP contribution in [0.1, 0.15) is 12.5 Å². The fourth-order valence-electron chi connectivity index (χ4n) is 3.21. The molecule has 4 N–H and O–H groups in total. The van der Waals surface area contributed by atoms with Gasteiger partial charge in [-0.05, 0) is 25.1 Å². The number of rotatable bonds is 8. The summed E-state index contributed by atoms with van der Waals surface area (Å²) in [6.45, 7) is 0.561. The summed E-state index contributed by atoms with van der Waals surface area (Å²) in [4.78, 5) is 26.2. The van der Waals surface area contributed by atoms with Crippen LogP contribution in [0.5, 0.6) is 11.5 Å². The van der Waals surface area contributed by atoms with Crippen LogP contribution in [0, 0.1) is 15.9 Å². The Labute approximate surface area is 185 Å². The summed E-state index contributed by atoms with van der Waals surface area (Å²) in [5, 5.41) is 11.1. The van der Waals surface area contributed by atoms with Crippen LogP contribution < -0.4 is 25.8 Å². The Morgan fingerprint density at radius 3 is 2.79 bits per heavy atom. The van der Waals surface area contributed by atoms with Gasteiger partial charge in [0.15, 0.2) is 11.6 Å². The summed E-state index contributed by atoms with van der Waals surface area (Å²) >= 11 is 0. The smallest absolute Gasteiger partial charge is 0.404 e. The number of amides is 1. The molecule has 178 valence electrons. The van der Waals surface area contributed by atoms with Crippen molar-refractivity contribution in [3.05, 3.63) is 45.8 Å². The Balaban J connectivity index is 1.95. The second-order valence-electron chi connectivity index (χ2n) is 7.12. The van der Waals surface area contributed by atoms with Gasteiger partial charge in [0.2, 0.25) is 5.82 Å². The summed E-state index contributed by atoms with van der Waals surface area (Å²) < 4.78 is 57.1. The maximum atomic E-state index is 14.0. The Morgan fingerprint density at radius 1 is 1.42 bits per heavy atom. The number of hydrogen-bond donors (Lipinski definition) is 2. The zero-order chi connectivity index (χ0) is 24.3. The van der Waals surface area contributed by atoms with E-state index in [-0.39, 0.29) is 36.0 Å². The zero-order valence-corrected chi connectivity index (χ0v) is 17.2. The van der Waals surface area contributed by atoms with Crippen molar-refractivity contribution in [3.63, 3.8) is 0 Å². The first-order valence-corrected chi connectivity index (χ1v) is 9.56. The minimum atomic E-state index is -2.89. The van der Waals surface area contributed by atoms with E-state index in [0.717, 1.165) is 23.1 Å². The highest BCUT2D eigenvalue weighted by atomic mass is 19.3. The van der Waals surface area contributed by atoms with E-state index in [1.807, 2.05) is 0 Å². The highest BCUT2D eigenvalue weighted by molar-refractivity contribution is 5.67. The summed E-state index contributed by atoms with van der Waals surface area (Å²) in [6, 6.07) is 2.98. The van der Waals surface area contributed by atoms with Crippen LogP contribution >= 0.6 is 0 Å². The van der Waals surface area contributed by atoms with Gasteiger partial charge in [0, 0.05) is 12.1 Å². The molecule has 0 saturated carbocycles. The first-order chi connectivity index (χ1) is 15.6. The van der Waals surface area contributed by atoms with Gasteiger partial charge in [-0.15, -0.1) is 0 Å². The number of carbonyl (C=O) groups is 1. The number of ether oxygens (including phenoxy) is 3. The molecule has 11 nitrogen and oxygen atoms in total. The van der Waals surface area contributed by atoms with Gasteiger partial charge in [-0.3, -0.25) is 10.1 Å². The molecular formula is C19H20F3N5O6. The first-order valence-electron chi connectivity index (χ1n) is 9.56. The number of alkyl halides is 2. The Kier molecular flexibility index (Phi) is 6.94. The van der Waals surface area contributed by atoms with Crippen LogP contribution in [0.2, 0.25) is 0 Å². The maximum absolute atomic E-state index is 14.0. The number of carbonyl (C=O) groups excluding carboxylic acids is 1. The standard InChI is InChI=1S/C19H20F3N5O6/c1-9(33-19(24)28)7-31-14-3-2-11(20)4-10(14)6-26-13(16(21)22)8-32-15-5-12(27(29)30)17(23)25-18(15)26/h2-5,9,13,16H,6-8H2,1H3,(H2,23,25)(H2,24,28)/t9?,13-/m0/s1. The molecule has 0 fully saturated rings. The highest BCUT2D eigenvalue weighted by Crippen LogP contribution is 2.40. The molecule has 2 heterocycles. The van der Waals surface area contributed by atoms with Crippen molar-refractivity contribution >= 4 is 23.4 Å². The van der Waals surface area contributed by atoms with Crippen LogP contribution in [0.4, 0.5) is 35.3 Å². The Hall–Kier alpha value is -3.97. The van der Waals surface area contributed by atoms with Gasteiger partial charge in [0.1, 0.15) is 36.9 Å². The van der Waals surface area contributed by atoms with Crippen LogP contribution in [0.15, 0.2) is 24.3 Å². The average molecular weight is 471 g/mol. The number of pyridine rings is 1. The van der Waals surface area contributed by atoms with Crippen LogP contribution in [0.3, 0.4) is 0 Å². The molecule has 1 amide bonds. The quantitative estimate of drug-likeness (QED) is 0.436. The van der Waals surface area contributed by atoms with E-state index in [1.165, 1.54) is 13.0 Å². The number of benzene rings is 1. The molecule has 0 spiro atoms. The molecule has 3 rings (SSSR count). The predicted molar refractivity (Wildman–Crippen MR) is 109 cm³/mol. The van der Waals surface area contributed by atoms with Gasteiger partial charge in [0.05, 0.1) is 11.0 Å². The summed E-state index contributed by atoms with van der Waals surface area (Å²) in [5.41, 5.74) is 10.2. The number of nitro groups is 1. The number of primary amides is 1. The number of nitrogens with zero attached hydrogens (tertiary/aromatic N) is 3. The van der Waals surface area contributed by atoms with Gasteiger partial charge >= 0.3 is 11.8 Å². The molecule has 1 aliphatic rings. The molecule has 1 aromatic heterocycles. The minimum absolute atomic E-state index is 0.116. The Morgan fingerprint density at radius 2 is 2.15 bits per heavy atom. The zero-order valence-electron chi connectivity index (χ0n) is 17.2. The van der Waals surface area contributed by atoms with Gasteiger partial charge in [-0.1, -0.05) is 0 Å². The van der Waals surface area contributed by atoms with E-state index < -0.39 is 53.5 Å². The number of halogens is 3. The van der Waals surface area contributed by atoms with Gasteiger partial charge in [-0.2, -0.15) is 0 Å². The van der Waals surface area contributed by atoms with Crippen molar-refractivity contribution in [2.24, 2.45) is 5.73 Å². The maximum Gasteiger partial charge on any atom is 0.404 e. The lowest BCUT2D eigenvalue weighted by Gasteiger charge is -2.37. The Bertz CT molecular complexity index is 1060. The number of fused-ring (bicyclic) bond motifs is 1. The topological polar surface area (TPSA) is 156 Å². The monoisotopic (exact) mass is 471 g/mol. The van der Waals surface area contributed by atoms with E-state index in [2.05, 4.69) is 4.98 Å². The number of aromatic nitrogens is 1. The first kappa shape index (κ1) is 23.7. The molecule has 14 heteroatoms. The summed E-state index contributed by atoms with van der Waals surface area (Å²) in [7, 11) is 0. The molecule has 33 heavy (non-hydrogen) atoms. The second kappa shape index (κ2) is 9.67. The second-order valence-corrected chi connectivity index (χ2v) is 7.12. The van der Waals surface area contributed by atoms with Crippen molar-refractivity contribution in [1.29, 1.82) is 0 Å². The lowest BCUT2D eigenvalue weighted by atomic mass is 10.1. The van der Waals surface area contributed by atoms with E-state index in [4.69, 9.17) is 25.7 Å². The van der Waals surface area contributed by atoms with Crippen molar-refractivity contribution in [3.8, 4) is 11.5 Å². The number of nitrogens with two attached hydrogens (primary N) is 2. The average Bonchev–Trinajstić information content (AvgIpc) is 2.72. The normalized spacial score (nSPS) is 16.0. The molecule has 0 bridgehead atoms. The predicted octanol–water partition coefficient (Wildman–Crippen LogP) is 2.61. The van der Waals surface area contributed by atoms with E-state index >= 15 is 0 Å². The molecule has 0 aliphatic carbocycles. The molecule has 0 radical (unpaired) electrons. The van der Waals surface area contributed by atoms with Crippen molar-refractivity contribution in [1.82, 2.24) is 4.98 Å². The number of nitrogen functional groups attached to an aromatic ring is 1. The van der Waals surface area contributed by atoms with E-state index in [9.17, 15) is 28.1 Å². The molecule has 1 aromatic carbocycles. The fourth-order valence-corrected chi connectivity index (χ4v) is 3.21. The largest absolute Gasteiger partial charge is 0.489 e. The third-order valence-electron chi connectivity index (χ3n) is 4.70. The minimum Gasteiger partial charge on any atom is -0.489 e. The lowest BCUT2D eigenvalue weighted by molar-refractivity contribution is -0.384. The van der Waals surface area contributed by atoms with Crippen molar-refractivity contribution in [2.45, 2.75) is 32.0 Å². The molecule has 2 aromatic rings. The fraction of sp³-hybridized carbons (Fsp3) is 0.368. The molecule has 2 atom stereocenters.